The maximum absolute atomic E-state index is 5.75. The van der Waals surface area contributed by atoms with Crippen LogP contribution in [0.3, 0.4) is 0 Å². The molecule has 5 heteroatoms. The van der Waals surface area contributed by atoms with Crippen LogP contribution in [0.25, 0.3) is 0 Å². The summed E-state index contributed by atoms with van der Waals surface area (Å²) in [5.41, 5.74) is 5.48. The lowest BCUT2D eigenvalue weighted by Crippen LogP contribution is -1.99. The normalized spacial score (nSPS) is 12.8. The number of nitrogens with two attached hydrogens (primary N) is 1. The minimum atomic E-state index is 0.240. The average Bonchev–Trinajstić information content (AvgIpc) is 2.12. The zero-order valence-corrected chi connectivity index (χ0v) is 9.90. The maximum Gasteiger partial charge on any atom is 0.222 e. The molecule has 0 aromatic carbocycles. The Kier molecular flexibility index (Phi) is 4.48. The number of nitrogen functional groups attached to an aromatic ring is 1. The van der Waals surface area contributed by atoms with E-state index in [9.17, 15) is 0 Å². The standard InChI is InChI=1S/C9H14ClN3S/c1-3-6(2)5-14-8-4-7(10)12-9(11)13-8/h4,6H,3,5H2,1-2H3,(H2,11,12,13). The first-order valence-corrected chi connectivity index (χ1v) is 5.91. The molecule has 0 aliphatic rings. The van der Waals surface area contributed by atoms with Crippen LogP contribution >= 0.6 is 23.4 Å². The van der Waals surface area contributed by atoms with Gasteiger partial charge in [-0.05, 0) is 5.92 Å². The molecule has 2 N–H and O–H groups in total. The van der Waals surface area contributed by atoms with Gasteiger partial charge in [-0.3, -0.25) is 0 Å². The summed E-state index contributed by atoms with van der Waals surface area (Å²) in [7, 11) is 0. The van der Waals surface area contributed by atoms with E-state index in [1.165, 1.54) is 6.42 Å². The van der Waals surface area contributed by atoms with Crippen LogP contribution in [0.4, 0.5) is 5.95 Å². The van der Waals surface area contributed by atoms with Gasteiger partial charge in [-0.2, -0.15) is 0 Å². The summed E-state index contributed by atoms with van der Waals surface area (Å²) >= 11 is 7.42. The van der Waals surface area contributed by atoms with E-state index >= 15 is 0 Å². The summed E-state index contributed by atoms with van der Waals surface area (Å²) < 4.78 is 0. The van der Waals surface area contributed by atoms with Gasteiger partial charge in [-0.15, -0.1) is 11.8 Å². The van der Waals surface area contributed by atoms with Gasteiger partial charge in [-0.1, -0.05) is 31.9 Å². The van der Waals surface area contributed by atoms with Gasteiger partial charge in [0.1, 0.15) is 10.2 Å². The molecule has 0 saturated heterocycles. The quantitative estimate of drug-likeness (QED) is 0.640. The number of hydrogen-bond acceptors (Lipinski definition) is 4. The van der Waals surface area contributed by atoms with Crippen molar-refractivity contribution in [1.29, 1.82) is 0 Å². The number of halogens is 1. The smallest absolute Gasteiger partial charge is 0.222 e. The van der Waals surface area contributed by atoms with Crippen molar-refractivity contribution in [2.24, 2.45) is 5.92 Å². The molecule has 1 heterocycles. The van der Waals surface area contributed by atoms with Crippen molar-refractivity contribution >= 4 is 29.3 Å². The molecule has 1 rings (SSSR count). The first-order valence-electron chi connectivity index (χ1n) is 4.54. The molecule has 14 heavy (non-hydrogen) atoms. The van der Waals surface area contributed by atoms with Gasteiger partial charge in [0, 0.05) is 11.8 Å². The molecule has 0 amide bonds. The number of hydrogen-bond donors (Lipinski definition) is 1. The molecule has 0 aliphatic carbocycles. The van der Waals surface area contributed by atoms with Gasteiger partial charge in [0.25, 0.3) is 0 Å². The van der Waals surface area contributed by atoms with Crippen LogP contribution in [-0.4, -0.2) is 15.7 Å². The van der Waals surface area contributed by atoms with E-state index < -0.39 is 0 Å². The molecule has 0 aliphatic heterocycles. The minimum absolute atomic E-state index is 0.240. The van der Waals surface area contributed by atoms with Crippen LogP contribution in [0.5, 0.6) is 0 Å². The van der Waals surface area contributed by atoms with Gasteiger partial charge >= 0.3 is 0 Å². The van der Waals surface area contributed by atoms with Crippen LogP contribution in [0.15, 0.2) is 11.1 Å². The number of thioether (sulfide) groups is 1. The van der Waals surface area contributed by atoms with E-state index in [1.54, 1.807) is 17.8 Å². The van der Waals surface area contributed by atoms with Gasteiger partial charge < -0.3 is 5.73 Å². The lowest BCUT2D eigenvalue weighted by atomic mass is 10.2. The highest BCUT2D eigenvalue weighted by Crippen LogP contribution is 2.22. The number of aromatic nitrogens is 2. The highest BCUT2D eigenvalue weighted by Gasteiger charge is 2.04. The zero-order valence-electron chi connectivity index (χ0n) is 8.33. The van der Waals surface area contributed by atoms with E-state index in [4.69, 9.17) is 17.3 Å². The van der Waals surface area contributed by atoms with Gasteiger partial charge in [0.2, 0.25) is 5.95 Å². The Labute approximate surface area is 93.5 Å². The first kappa shape index (κ1) is 11.6. The number of rotatable bonds is 4. The molecule has 0 radical (unpaired) electrons. The van der Waals surface area contributed by atoms with E-state index in [1.807, 2.05) is 0 Å². The highest BCUT2D eigenvalue weighted by atomic mass is 35.5. The van der Waals surface area contributed by atoms with Crippen LogP contribution in [-0.2, 0) is 0 Å². The van der Waals surface area contributed by atoms with E-state index in [-0.39, 0.29) is 5.95 Å². The SMILES string of the molecule is CCC(C)CSc1cc(Cl)nc(N)n1. The molecule has 3 nitrogen and oxygen atoms in total. The Morgan fingerprint density at radius 3 is 2.86 bits per heavy atom. The largest absolute Gasteiger partial charge is 0.368 e. The van der Waals surface area contributed by atoms with Gasteiger partial charge in [-0.25, -0.2) is 9.97 Å². The predicted molar refractivity (Wildman–Crippen MR) is 61.6 cm³/mol. The Hall–Kier alpha value is -0.480. The molecule has 78 valence electrons. The first-order chi connectivity index (χ1) is 6.61. The van der Waals surface area contributed by atoms with Crippen LogP contribution in [0, 0.1) is 5.92 Å². The molecule has 0 saturated carbocycles. The third-order valence-corrected chi connectivity index (χ3v) is 3.34. The lowest BCUT2D eigenvalue weighted by Gasteiger charge is -2.07. The predicted octanol–water partition coefficient (Wildman–Crippen LogP) is 2.85. The number of anilines is 1. The Morgan fingerprint density at radius 2 is 2.29 bits per heavy atom. The molecule has 1 unspecified atom stereocenters. The molecule has 0 fully saturated rings. The molecule has 1 aromatic rings. The van der Waals surface area contributed by atoms with Crippen LogP contribution in [0.2, 0.25) is 5.15 Å². The molecule has 1 atom stereocenters. The summed E-state index contributed by atoms with van der Waals surface area (Å²) in [6.45, 7) is 4.38. The third-order valence-electron chi connectivity index (χ3n) is 1.90. The van der Waals surface area contributed by atoms with Gasteiger partial charge in [0.15, 0.2) is 0 Å². The Balaban J connectivity index is 2.58. The van der Waals surface area contributed by atoms with Crippen molar-refractivity contribution in [3.8, 4) is 0 Å². The summed E-state index contributed by atoms with van der Waals surface area (Å²) in [5.74, 6) is 1.95. The van der Waals surface area contributed by atoms with Crippen molar-refractivity contribution in [3.63, 3.8) is 0 Å². The molecule has 0 bridgehead atoms. The number of nitrogens with zero attached hydrogens (tertiary/aromatic N) is 2. The lowest BCUT2D eigenvalue weighted by molar-refractivity contribution is 0.636. The molecule has 1 aromatic heterocycles. The van der Waals surface area contributed by atoms with Crippen molar-refractivity contribution in [3.05, 3.63) is 11.2 Å². The van der Waals surface area contributed by atoms with Crippen molar-refractivity contribution < 1.29 is 0 Å². The second-order valence-corrected chi connectivity index (χ2v) is 4.64. The van der Waals surface area contributed by atoms with E-state index in [0.29, 0.717) is 11.1 Å². The second-order valence-electron chi connectivity index (χ2n) is 3.21. The second kappa shape index (κ2) is 5.41. The summed E-state index contributed by atoms with van der Waals surface area (Å²) in [6, 6.07) is 1.74. The molecule has 0 spiro atoms. The fourth-order valence-electron chi connectivity index (χ4n) is 0.833. The van der Waals surface area contributed by atoms with Gasteiger partial charge in [0.05, 0.1) is 0 Å². The summed E-state index contributed by atoms with van der Waals surface area (Å²) in [6.07, 6.45) is 1.17. The van der Waals surface area contributed by atoms with Crippen molar-refractivity contribution in [2.45, 2.75) is 25.3 Å². The van der Waals surface area contributed by atoms with Crippen LogP contribution < -0.4 is 5.73 Å². The zero-order chi connectivity index (χ0) is 10.6. The fourth-order valence-corrected chi connectivity index (χ4v) is 2.13. The maximum atomic E-state index is 5.75. The van der Waals surface area contributed by atoms with Crippen molar-refractivity contribution in [2.75, 3.05) is 11.5 Å². The fraction of sp³-hybridized carbons (Fsp3) is 0.556. The molecular weight excluding hydrogens is 218 g/mol. The van der Waals surface area contributed by atoms with Crippen LogP contribution in [0.1, 0.15) is 20.3 Å². The van der Waals surface area contributed by atoms with Crippen molar-refractivity contribution in [1.82, 2.24) is 9.97 Å². The Morgan fingerprint density at radius 1 is 1.57 bits per heavy atom. The Bertz CT molecular complexity index is 286. The minimum Gasteiger partial charge on any atom is -0.368 e. The topological polar surface area (TPSA) is 51.8 Å². The van der Waals surface area contributed by atoms with E-state index in [0.717, 1.165) is 10.8 Å². The molecular formula is C9H14ClN3S. The summed E-state index contributed by atoms with van der Waals surface area (Å²) in [5, 5.41) is 1.26. The monoisotopic (exact) mass is 231 g/mol. The summed E-state index contributed by atoms with van der Waals surface area (Å²) in [4.78, 5) is 7.89. The highest BCUT2D eigenvalue weighted by molar-refractivity contribution is 7.99. The van der Waals surface area contributed by atoms with E-state index in [2.05, 4.69) is 23.8 Å². The third kappa shape index (κ3) is 3.72. The average molecular weight is 232 g/mol.